The van der Waals surface area contributed by atoms with Crippen LogP contribution >= 0.6 is 0 Å². The first kappa shape index (κ1) is 29.5. The molecule has 1 heterocycles. The molecule has 9 rings (SSSR count). The van der Waals surface area contributed by atoms with E-state index in [2.05, 4.69) is 205 Å². The zero-order chi connectivity index (χ0) is 33.3. The Hall–Kier alpha value is -6.64. The number of hydrogen-bond donors (Lipinski definition) is 0. The topological polar surface area (TPSA) is 12.5 Å². The molecule has 0 fully saturated rings. The minimum Gasteiger partial charge on any atom is -0.455 e. The monoisotopic (exact) mass is 639 g/mol. The Bertz CT molecular complexity index is 2430. The zero-order valence-corrected chi connectivity index (χ0v) is 27.4. The summed E-state index contributed by atoms with van der Waals surface area (Å²) in [4.78, 5) is 2.35. The molecule has 0 bridgehead atoms. The van der Waals surface area contributed by atoms with Gasteiger partial charge >= 0.3 is 0 Å². The molecule has 0 saturated heterocycles. The number of ether oxygens (including phenoxy) is 1. The Morgan fingerprint density at radius 2 is 0.780 bits per heavy atom. The van der Waals surface area contributed by atoms with Gasteiger partial charge in [0.05, 0.1) is 5.69 Å². The molecule has 8 aromatic carbocycles. The van der Waals surface area contributed by atoms with Crippen LogP contribution in [-0.2, 0) is 0 Å². The van der Waals surface area contributed by atoms with Crippen molar-refractivity contribution in [2.45, 2.75) is 0 Å². The molecule has 2 nitrogen and oxygen atoms in total. The lowest BCUT2D eigenvalue weighted by molar-refractivity contribution is 0.489. The van der Waals surface area contributed by atoms with Crippen LogP contribution in [0.15, 0.2) is 200 Å². The molecule has 0 N–H and O–H groups in total. The second-order valence-corrected chi connectivity index (χ2v) is 12.5. The van der Waals surface area contributed by atoms with Crippen LogP contribution in [0.2, 0.25) is 0 Å². The van der Waals surface area contributed by atoms with Crippen molar-refractivity contribution in [3.8, 4) is 67.1 Å². The SMILES string of the molecule is c1ccc(-c2ccc(N(c3ccc4c(c3)Oc3c(-c5ccccc5)cccc3-c3ccccc3-4)c3ccccc3-c3ccccc3)cc2)cc1. The van der Waals surface area contributed by atoms with E-state index < -0.39 is 0 Å². The number of hydrogen-bond acceptors (Lipinski definition) is 2. The highest BCUT2D eigenvalue weighted by atomic mass is 16.5. The smallest absolute Gasteiger partial charge is 0.143 e. The second-order valence-electron chi connectivity index (χ2n) is 12.5. The number of nitrogens with zero attached hydrogens (tertiary/aromatic N) is 1. The first-order valence-corrected chi connectivity index (χ1v) is 17.0. The summed E-state index contributed by atoms with van der Waals surface area (Å²) in [6, 6.07) is 70.9. The molecule has 0 aliphatic carbocycles. The molecule has 0 amide bonds. The Balaban J connectivity index is 1.24. The van der Waals surface area contributed by atoms with Crippen molar-refractivity contribution >= 4 is 17.1 Å². The van der Waals surface area contributed by atoms with Crippen LogP contribution in [0.3, 0.4) is 0 Å². The van der Waals surface area contributed by atoms with Gasteiger partial charge in [0.15, 0.2) is 0 Å². The second kappa shape index (κ2) is 12.8. The van der Waals surface area contributed by atoms with Gasteiger partial charge in [-0.1, -0.05) is 164 Å². The lowest BCUT2D eigenvalue weighted by Gasteiger charge is -2.29. The highest BCUT2D eigenvalue weighted by Crippen LogP contribution is 2.52. The minimum absolute atomic E-state index is 0.820. The first-order chi connectivity index (χ1) is 24.8. The van der Waals surface area contributed by atoms with Crippen molar-refractivity contribution in [2.75, 3.05) is 4.90 Å². The third-order valence-corrected chi connectivity index (χ3v) is 9.51. The molecule has 0 spiro atoms. The van der Waals surface area contributed by atoms with Crippen LogP contribution in [0.5, 0.6) is 11.5 Å². The van der Waals surface area contributed by atoms with E-state index in [0.717, 1.165) is 73.1 Å². The number of rotatable bonds is 6. The molecule has 1 aliphatic heterocycles. The summed E-state index contributed by atoms with van der Waals surface area (Å²) in [5.41, 5.74) is 14.5. The lowest BCUT2D eigenvalue weighted by Crippen LogP contribution is -2.11. The van der Waals surface area contributed by atoms with Crippen molar-refractivity contribution < 1.29 is 4.74 Å². The normalized spacial score (nSPS) is 11.4. The largest absolute Gasteiger partial charge is 0.455 e. The fourth-order valence-electron chi connectivity index (χ4n) is 7.12. The van der Waals surface area contributed by atoms with Gasteiger partial charge in [0, 0.05) is 39.7 Å². The molecule has 0 radical (unpaired) electrons. The average molecular weight is 640 g/mol. The number of fused-ring (bicyclic) bond motifs is 5. The van der Waals surface area contributed by atoms with Gasteiger partial charge in [-0.2, -0.15) is 0 Å². The van der Waals surface area contributed by atoms with Crippen LogP contribution in [-0.4, -0.2) is 0 Å². The highest BCUT2D eigenvalue weighted by Gasteiger charge is 2.25. The van der Waals surface area contributed by atoms with Crippen LogP contribution in [0.4, 0.5) is 17.1 Å². The van der Waals surface area contributed by atoms with E-state index in [1.165, 1.54) is 11.1 Å². The third kappa shape index (κ3) is 5.34. The first-order valence-electron chi connectivity index (χ1n) is 17.0. The van der Waals surface area contributed by atoms with Crippen LogP contribution in [0, 0.1) is 0 Å². The summed E-state index contributed by atoms with van der Waals surface area (Å²) in [6.07, 6.45) is 0. The molecule has 2 heteroatoms. The lowest BCUT2D eigenvalue weighted by atomic mass is 9.92. The van der Waals surface area contributed by atoms with E-state index in [1.54, 1.807) is 0 Å². The standard InChI is InChI=1S/C48H33NO/c1-4-15-34(16-5-1)35-27-29-38(30-28-35)49(46-26-13-12-21-40(46)36-17-6-2-7-18-36)39-31-32-44-42-22-10-11-23-43(42)45-25-14-24-41(37-19-8-3-9-20-37)48(45)50-47(44)33-39/h1-33H. The number of benzene rings is 8. The molecule has 236 valence electrons. The summed E-state index contributed by atoms with van der Waals surface area (Å²) in [5, 5.41) is 0. The maximum atomic E-state index is 7.10. The summed E-state index contributed by atoms with van der Waals surface area (Å²) in [7, 11) is 0. The van der Waals surface area contributed by atoms with E-state index >= 15 is 0 Å². The predicted molar refractivity (Wildman–Crippen MR) is 208 cm³/mol. The molecule has 0 aromatic heterocycles. The third-order valence-electron chi connectivity index (χ3n) is 9.51. The Labute approximate surface area is 293 Å². The summed E-state index contributed by atoms with van der Waals surface area (Å²) in [6.45, 7) is 0. The number of anilines is 3. The molecule has 0 saturated carbocycles. The van der Waals surface area contributed by atoms with Gasteiger partial charge in [-0.15, -0.1) is 0 Å². The van der Waals surface area contributed by atoms with E-state index in [1.807, 2.05) is 0 Å². The van der Waals surface area contributed by atoms with Crippen molar-refractivity contribution in [1.82, 2.24) is 0 Å². The minimum atomic E-state index is 0.820. The maximum Gasteiger partial charge on any atom is 0.143 e. The zero-order valence-electron chi connectivity index (χ0n) is 27.4. The van der Waals surface area contributed by atoms with Crippen LogP contribution < -0.4 is 9.64 Å². The van der Waals surface area contributed by atoms with Crippen molar-refractivity contribution in [3.63, 3.8) is 0 Å². The predicted octanol–water partition coefficient (Wildman–Crippen LogP) is 13.6. The van der Waals surface area contributed by atoms with Crippen molar-refractivity contribution in [1.29, 1.82) is 0 Å². The summed E-state index contributed by atoms with van der Waals surface area (Å²) >= 11 is 0. The van der Waals surface area contributed by atoms with Gasteiger partial charge in [-0.05, 0) is 63.7 Å². The molecule has 0 unspecified atom stereocenters. The van der Waals surface area contributed by atoms with E-state index in [4.69, 9.17) is 4.74 Å². The molecular weight excluding hydrogens is 607 g/mol. The van der Waals surface area contributed by atoms with Crippen molar-refractivity contribution in [2.24, 2.45) is 0 Å². The van der Waals surface area contributed by atoms with Crippen LogP contribution in [0.1, 0.15) is 0 Å². The summed E-state index contributed by atoms with van der Waals surface area (Å²) in [5.74, 6) is 1.69. The van der Waals surface area contributed by atoms with Gasteiger partial charge in [-0.25, -0.2) is 0 Å². The fraction of sp³-hybridized carbons (Fsp3) is 0. The number of para-hydroxylation sites is 2. The fourth-order valence-corrected chi connectivity index (χ4v) is 7.12. The molecular formula is C48H33NO. The molecule has 0 atom stereocenters. The van der Waals surface area contributed by atoms with Gasteiger partial charge in [-0.3, -0.25) is 0 Å². The van der Waals surface area contributed by atoms with Gasteiger partial charge in [0.25, 0.3) is 0 Å². The van der Waals surface area contributed by atoms with Gasteiger partial charge in [0.1, 0.15) is 11.5 Å². The quantitative estimate of drug-likeness (QED) is 0.179. The highest BCUT2D eigenvalue weighted by molar-refractivity contribution is 5.96. The molecule has 50 heavy (non-hydrogen) atoms. The Kier molecular flexibility index (Phi) is 7.53. The van der Waals surface area contributed by atoms with Gasteiger partial charge < -0.3 is 9.64 Å². The van der Waals surface area contributed by atoms with Crippen molar-refractivity contribution in [3.05, 3.63) is 200 Å². The average Bonchev–Trinajstić information content (AvgIpc) is 3.34. The molecule has 1 aliphatic rings. The van der Waals surface area contributed by atoms with Gasteiger partial charge in [0.2, 0.25) is 0 Å². The van der Waals surface area contributed by atoms with E-state index in [9.17, 15) is 0 Å². The van der Waals surface area contributed by atoms with E-state index in [0.29, 0.717) is 0 Å². The molecule has 8 aromatic rings. The van der Waals surface area contributed by atoms with E-state index in [-0.39, 0.29) is 0 Å². The summed E-state index contributed by atoms with van der Waals surface area (Å²) < 4.78 is 7.10. The Morgan fingerprint density at radius 1 is 0.300 bits per heavy atom. The van der Waals surface area contributed by atoms with Crippen LogP contribution in [0.25, 0.3) is 55.6 Å². The maximum absolute atomic E-state index is 7.10. The Morgan fingerprint density at radius 3 is 1.46 bits per heavy atom.